The standard InChI is InChI=1S/C25H22N4O2S/c1-17-6-4-9-21(12-17)29-24(20-10-11-22(30-2)23(14-20)31-3)27-28-25(29)32-16-19-8-5-7-18(13-19)15-26/h4-14H,16H2,1-3H3. The van der Waals surface area contributed by atoms with E-state index in [4.69, 9.17) is 9.47 Å². The molecule has 6 nitrogen and oxygen atoms in total. The van der Waals surface area contributed by atoms with Gasteiger partial charge in [0, 0.05) is 17.0 Å². The molecule has 1 aromatic heterocycles. The summed E-state index contributed by atoms with van der Waals surface area (Å²) in [5.41, 5.74) is 4.70. The van der Waals surface area contributed by atoms with Crippen LogP contribution in [0.2, 0.25) is 0 Å². The minimum atomic E-state index is 0.631. The lowest BCUT2D eigenvalue weighted by atomic mass is 10.1. The Bertz CT molecular complexity index is 1290. The highest BCUT2D eigenvalue weighted by Gasteiger charge is 2.18. The number of hydrogen-bond acceptors (Lipinski definition) is 6. The monoisotopic (exact) mass is 442 g/mol. The molecule has 0 N–H and O–H groups in total. The largest absolute Gasteiger partial charge is 0.493 e. The van der Waals surface area contributed by atoms with Crippen molar-refractivity contribution < 1.29 is 9.47 Å². The third-order valence-electron chi connectivity index (χ3n) is 4.96. The Morgan fingerprint density at radius 1 is 0.938 bits per heavy atom. The average molecular weight is 443 g/mol. The van der Waals surface area contributed by atoms with Gasteiger partial charge in [0.05, 0.1) is 25.9 Å². The fraction of sp³-hybridized carbons (Fsp3) is 0.160. The number of rotatable bonds is 7. The van der Waals surface area contributed by atoms with Crippen molar-refractivity contribution in [2.45, 2.75) is 17.8 Å². The quantitative estimate of drug-likeness (QED) is 0.356. The van der Waals surface area contributed by atoms with Gasteiger partial charge in [0.1, 0.15) is 0 Å². The molecule has 0 saturated carbocycles. The van der Waals surface area contributed by atoms with Gasteiger partial charge in [-0.25, -0.2) is 0 Å². The van der Waals surface area contributed by atoms with Crippen LogP contribution >= 0.6 is 11.8 Å². The van der Waals surface area contributed by atoms with Gasteiger partial charge in [0.25, 0.3) is 0 Å². The summed E-state index contributed by atoms with van der Waals surface area (Å²) in [6.45, 7) is 2.06. The highest BCUT2D eigenvalue weighted by Crippen LogP contribution is 2.35. The maximum absolute atomic E-state index is 9.17. The van der Waals surface area contributed by atoms with E-state index in [-0.39, 0.29) is 0 Å². The molecule has 0 aliphatic heterocycles. The molecule has 0 atom stereocenters. The van der Waals surface area contributed by atoms with Crippen molar-refractivity contribution in [2.24, 2.45) is 0 Å². The molecule has 0 fully saturated rings. The molecule has 4 aromatic rings. The molecule has 0 radical (unpaired) electrons. The molecule has 32 heavy (non-hydrogen) atoms. The number of ether oxygens (including phenoxy) is 2. The lowest BCUT2D eigenvalue weighted by Crippen LogP contribution is -2.01. The molecule has 160 valence electrons. The van der Waals surface area contributed by atoms with Crippen molar-refractivity contribution >= 4 is 11.8 Å². The van der Waals surface area contributed by atoms with Crippen LogP contribution in [0.5, 0.6) is 11.5 Å². The molecular weight excluding hydrogens is 420 g/mol. The minimum absolute atomic E-state index is 0.631. The predicted molar refractivity (Wildman–Crippen MR) is 125 cm³/mol. The maximum Gasteiger partial charge on any atom is 0.196 e. The number of thioether (sulfide) groups is 1. The molecule has 0 amide bonds. The van der Waals surface area contributed by atoms with Crippen LogP contribution in [-0.2, 0) is 5.75 Å². The second kappa shape index (κ2) is 9.58. The van der Waals surface area contributed by atoms with E-state index in [2.05, 4.69) is 35.3 Å². The van der Waals surface area contributed by atoms with Crippen molar-refractivity contribution in [1.82, 2.24) is 14.8 Å². The smallest absolute Gasteiger partial charge is 0.196 e. The van der Waals surface area contributed by atoms with Gasteiger partial charge >= 0.3 is 0 Å². The van der Waals surface area contributed by atoms with Gasteiger partial charge in [-0.05, 0) is 60.5 Å². The van der Waals surface area contributed by atoms with Crippen molar-refractivity contribution in [3.8, 4) is 34.6 Å². The summed E-state index contributed by atoms with van der Waals surface area (Å²) in [4.78, 5) is 0. The Morgan fingerprint density at radius 3 is 2.50 bits per heavy atom. The summed E-state index contributed by atoms with van der Waals surface area (Å²) >= 11 is 1.58. The van der Waals surface area contributed by atoms with Gasteiger partial charge in [0.15, 0.2) is 22.5 Å². The van der Waals surface area contributed by atoms with Gasteiger partial charge in [0.2, 0.25) is 0 Å². The van der Waals surface area contributed by atoms with Crippen molar-refractivity contribution in [2.75, 3.05) is 14.2 Å². The third kappa shape index (κ3) is 4.46. The zero-order valence-corrected chi connectivity index (χ0v) is 18.9. The van der Waals surface area contributed by atoms with Crippen LogP contribution in [0, 0.1) is 18.3 Å². The first-order valence-corrected chi connectivity index (χ1v) is 11.0. The lowest BCUT2D eigenvalue weighted by Gasteiger charge is -2.13. The molecule has 0 saturated heterocycles. The van der Waals surface area contributed by atoms with Crippen LogP contribution in [0.1, 0.15) is 16.7 Å². The Balaban J connectivity index is 1.76. The number of nitriles is 1. The van der Waals surface area contributed by atoms with Crippen molar-refractivity contribution in [3.05, 3.63) is 83.4 Å². The zero-order valence-electron chi connectivity index (χ0n) is 18.1. The summed E-state index contributed by atoms with van der Waals surface area (Å²) in [6.07, 6.45) is 0. The Kier molecular flexibility index (Phi) is 6.43. The second-order valence-corrected chi connectivity index (χ2v) is 8.09. The van der Waals surface area contributed by atoms with Gasteiger partial charge in [-0.15, -0.1) is 10.2 Å². The SMILES string of the molecule is COc1ccc(-c2nnc(SCc3cccc(C#N)c3)n2-c2cccc(C)c2)cc1OC. The molecule has 0 spiro atoms. The van der Waals surface area contributed by atoms with E-state index in [1.165, 1.54) is 0 Å². The second-order valence-electron chi connectivity index (χ2n) is 7.15. The summed E-state index contributed by atoms with van der Waals surface area (Å²) in [6, 6.07) is 23.7. The molecule has 3 aromatic carbocycles. The Morgan fingerprint density at radius 2 is 1.75 bits per heavy atom. The van der Waals surface area contributed by atoms with Gasteiger partial charge in [-0.2, -0.15) is 5.26 Å². The number of hydrogen-bond donors (Lipinski definition) is 0. The molecule has 1 heterocycles. The normalized spacial score (nSPS) is 10.6. The minimum Gasteiger partial charge on any atom is -0.493 e. The number of aryl methyl sites for hydroxylation is 1. The van der Waals surface area contributed by atoms with Crippen LogP contribution in [0.4, 0.5) is 0 Å². The third-order valence-corrected chi connectivity index (χ3v) is 5.96. The van der Waals surface area contributed by atoms with Crippen LogP contribution in [0.25, 0.3) is 17.1 Å². The fourth-order valence-electron chi connectivity index (χ4n) is 3.40. The topological polar surface area (TPSA) is 73.0 Å². The molecule has 0 aliphatic carbocycles. The highest BCUT2D eigenvalue weighted by molar-refractivity contribution is 7.98. The first-order chi connectivity index (χ1) is 15.6. The van der Waals surface area contributed by atoms with Crippen LogP contribution < -0.4 is 9.47 Å². The summed E-state index contributed by atoms with van der Waals surface area (Å²) < 4.78 is 12.9. The highest BCUT2D eigenvalue weighted by atomic mass is 32.2. The predicted octanol–water partition coefficient (Wildman–Crippen LogP) is 5.42. The van der Waals surface area contributed by atoms with Crippen molar-refractivity contribution in [3.63, 3.8) is 0 Å². The van der Waals surface area contributed by atoms with Gasteiger partial charge in [-0.3, -0.25) is 4.57 Å². The summed E-state index contributed by atoms with van der Waals surface area (Å²) in [5.74, 6) is 2.67. The molecular formula is C25H22N4O2S. The van der Waals surface area contributed by atoms with Gasteiger partial charge < -0.3 is 9.47 Å². The molecule has 4 rings (SSSR count). The number of aromatic nitrogens is 3. The lowest BCUT2D eigenvalue weighted by molar-refractivity contribution is 0.355. The molecule has 0 unspecified atom stereocenters. The molecule has 0 bridgehead atoms. The van der Waals surface area contributed by atoms with Crippen molar-refractivity contribution in [1.29, 1.82) is 5.26 Å². The van der Waals surface area contributed by atoms with E-state index in [1.54, 1.807) is 32.0 Å². The number of nitrogens with zero attached hydrogens (tertiary/aromatic N) is 4. The van der Waals surface area contributed by atoms with Crippen LogP contribution in [0.3, 0.4) is 0 Å². The first-order valence-electron chi connectivity index (χ1n) is 9.99. The van der Waals surface area contributed by atoms with Crippen LogP contribution in [0.15, 0.2) is 71.9 Å². The van der Waals surface area contributed by atoms with E-state index >= 15 is 0 Å². The summed E-state index contributed by atoms with van der Waals surface area (Å²) in [7, 11) is 3.23. The number of benzene rings is 3. The number of methoxy groups -OCH3 is 2. The molecule has 7 heteroatoms. The average Bonchev–Trinajstić information content (AvgIpc) is 3.26. The maximum atomic E-state index is 9.17. The van der Waals surface area contributed by atoms with E-state index in [0.29, 0.717) is 28.6 Å². The molecule has 0 aliphatic rings. The Hall–Kier alpha value is -3.76. The zero-order chi connectivity index (χ0) is 22.5. The van der Waals surface area contributed by atoms with E-state index in [9.17, 15) is 5.26 Å². The fourth-order valence-corrected chi connectivity index (χ4v) is 4.30. The first kappa shape index (κ1) is 21.5. The van der Waals surface area contributed by atoms with E-state index in [1.807, 2.05) is 53.1 Å². The van der Waals surface area contributed by atoms with E-state index < -0.39 is 0 Å². The van der Waals surface area contributed by atoms with Gasteiger partial charge in [-0.1, -0.05) is 36.0 Å². The Labute approximate surface area is 191 Å². The van der Waals surface area contributed by atoms with Crippen LogP contribution in [-0.4, -0.2) is 29.0 Å². The van der Waals surface area contributed by atoms with E-state index in [0.717, 1.165) is 27.5 Å². The summed E-state index contributed by atoms with van der Waals surface area (Å²) in [5, 5.41) is 18.9.